The number of nitrogens with one attached hydrogen (secondary N) is 1. The Hall–Kier alpha value is -2.39. The van der Waals surface area contributed by atoms with Gasteiger partial charge in [-0.15, -0.1) is 10.2 Å². The molecule has 0 aromatic carbocycles. The van der Waals surface area contributed by atoms with Crippen molar-refractivity contribution in [2.24, 2.45) is 0 Å². The molecule has 3 heterocycles. The SMILES string of the molecule is CC(C)(C)OC(=O)N[C@H]1COCCC[C@H](n2cc(-c3cc(Cl)nnc3N)cn2)C1. The van der Waals surface area contributed by atoms with E-state index in [2.05, 4.69) is 20.6 Å². The van der Waals surface area contributed by atoms with E-state index in [9.17, 15) is 4.79 Å². The van der Waals surface area contributed by atoms with Gasteiger partial charge in [-0.05, 0) is 46.1 Å². The predicted molar refractivity (Wildman–Crippen MR) is 110 cm³/mol. The summed E-state index contributed by atoms with van der Waals surface area (Å²) in [4.78, 5) is 12.2. The Morgan fingerprint density at radius 3 is 2.97 bits per heavy atom. The topological polar surface area (TPSA) is 117 Å². The minimum Gasteiger partial charge on any atom is -0.444 e. The number of carbonyl (C=O) groups is 1. The van der Waals surface area contributed by atoms with Gasteiger partial charge in [0.25, 0.3) is 0 Å². The fourth-order valence-electron chi connectivity index (χ4n) is 3.26. The minimum absolute atomic E-state index is 0.0964. The van der Waals surface area contributed by atoms with Crippen molar-refractivity contribution in [1.29, 1.82) is 0 Å². The van der Waals surface area contributed by atoms with E-state index < -0.39 is 11.7 Å². The molecular formula is C19H27ClN6O3. The van der Waals surface area contributed by atoms with Crippen LogP contribution in [0.25, 0.3) is 11.1 Å². The van der Waals surface area contributed by atoms with Crippen molar-refractivity contribution in [3.05, 3.63) is 23.6 Å². The van der Waals surface area contributed by atoms with Gasteiger partial charge in [-0.25, -0.2) is 4.79 Å². The number of amides is 1. The maximum absolute atomic E-state index is 12.2. The molecule has 29 heavy (non-hydrogen) atoms. The number of nitrogens with two attached hydrogens (primary N) is 1. The summed E-state index contributed by atoms with van der Waals surface area (Å²) >= 11 is 5.95. The first-order chi connectivity index (χ1) is 13.7. The van der Waals surface area contributed by atoms with Crippen LogP contribution in [0, 0.1) is 0 Å². The Labute approximate surface area is 174 Å². The summed E-state index contributed by atoms with van der Waals surface area (Å²) in [6.07, 6.45) is 5.65. The number of halogens is 1. The Bertz CT molecular complexity index is 851. The monoisotopic (exact) mass is 422 g/mol. The fourth-order valence-corrected chi connectivity index (χ4v) is 3.41. The summed E-state index contributed by atoms with van der Waals surface area (Å²) in [5.74, 6) is 0.296. The third kappa shape index (κ3) is 6.04. The molecule has 1 saturated heterocycles. The molecule has 0 saturated carbocycles. The van der Waals surface area contributed by atoms with Crippen LogP contribution in [0.15, 0.2) is 18.5 Å². The lowest BCUT2D eigenvalue weighted by molar-refractivity contribution is 0.0385. The van der Waals surface area contributed by atoms with Gasteiger partial charge < -0.3 is 20.5 Å². The summed E-state index contributed by atoms with van der Waals surface area (Å²) < 4.78 is 12.9. The van der Waals surface area contributed by atoms with Crippen molar-refractivity contribution in [1.82, 2.24) is 25.3 Å². The zero-order valence-electron chi connectivity index (χ0n) is 16.9. The number of nitrogens with zero attached hydrogens (tertiary/aromatic N) is 4. The predicted octanol–water partition coefficient (Wildman–Crippen LogP) is 3.21. The van der Waals surface area contributed by atoms with Gasteiger partial charge in [0.15, 0.2) is 11.0 Å². The van der Waals surface area contributed by atoms with Gasteiger partial charge in [-0.3, -0.25) is 4.68 Å². The molecule has 3 rings (SSSR count). The number of rotatable bonds is 3. The number of alkyl carbamates (subject to hydrolysis) is 1. The number of carbonyl (C=O) groups excluding carboxylic acids is 1. The molecular weight excluding hydrogens is 396 g/mol. The van der Waals surface area contributed by atoms with Crippen molar-refractivity contribution in [2.75, 3.05) is 18.9 Å². The van der Waals surface area contributed by atoms with E-state index >= 15 is 0 Å². The lowest BCUT2D eigenvalue weighted by Crippen LogP contribution is -2.43. The van der Waals surface area contributed by atoms with Gasteiger partial charge in [-0.1, -0.05) is 11.6 Å². The molecule has 3 N–H and O–H groups in total. The van der Waals surface area contributed by atoms with Gasteiger partial charge in [0.2, 0.25) is 0 Å². The smallest absolute Gasteiger partial charge is 0.407 e. The average Bonchev–Trinajstić information content (AvgIpc) is 3.07. The standard InChI is InChI=1S/C19H27ClN6O3/c1-19(2,3)29-18(27)23-13-7-14(5-4-6-28-11-13)26-10-12(9-22-26)15-8-16(20)24-25-17(15)21/h8-10,13-14H,4-7,11H2,1-3H3,(H2,21,25)(H,23,27)/t13-,14+/m1/s1. The first kappa shape index (κ1) is 21.3. The molecule has 9 nitrogen and oxygen atoms in total. The first-order valence-electron chi connectivity index (χ1n) is 9.62. The highest BCUT2D eigenvalue weighted by molar-refractivity contribution is 6.29. The Morgan fingerprint density at radius 1 is 1.41 bits per heavy atom. The van der Waals surface area contributed by atoms with Crippen molar-refractivity contribution in [2.45, 2.75) is 57.7 Å². The molecule has 2 aromatic heterocycles. The number of aromatic nitrogens is 4. The highest BCUT2D eigenvalue weighted by Crippen LogP contribution is 2.28. The second kappa shape index (κ2) is 8.96. The molecule has 1 amide bonds. The Balaban J connectivity index is 1.74. The summed E-state index contributed by atoms with van der Waals surface area (Å²) in [7, 11) is 0. The fraction of sp³-hybridized carbons (Fsp3) is 0.579. The summed E-state index contributed by atoms with van der Waals surface area (Å²) in [5, 5.41) is 15.3. The second-order valence-electron chi connectivity index (χ2n) is 8.12. The molecule has 0 spiro atoms. The van der Waals surface area contributed by atoms with E-state index in [-0.39, 0.29) is 17.2 Å². The van der Waals surface area contributed by atoms with Crippen LogP contribution in [0.4, 0.5) is 10.6 Å². The zero-order chi connectivity index (χ0) is 21.0. The summed E-state index contributed by atoms with van der Waals surface area (Å²) in [6, 6.07) is 1.59. The van der Waals surface area contributed by atoms with Crippen LogP contribution in [-0.4, -0.2) is 50.9 Å². The average molecular weight is 423 g/mol. The van der Waals surface area contributed by atoms with E-state index in [1.54, 1.807) is 12.3 Å². The largest absolute Gasteiger partial charge is 0.444 e. The quantitative estimate of drug-likeness (QED) is 0.779. The number of anilines is 1. The third-order valence-corrected chi connectivity index (χ3v) is 4.69. The minimum atomic E-state index is -0.553. The van der Waals surface area contributed by atoms with Gasteiger partial charge >= 0.3 is 6.09 Å². The maximum atomic E-state index is 12.2. The molecule has 0 aliphatic carbocycles. The van der Waals surface area contributed by atoms with Crippen LogP contribution < -0.4 is 11.1 Å². The zero-order valence-corrected chi connectivity index (χ0v) is 17.6. The molecule has 1 fully saturated rings. The van der Waals surface area contributed by atoms with E-state index in [4.69, 9.17) is 26.8 Å². The number of ether oxygens (including phenoxy) is 2. The number of nitrogen functional groups attached to an aromatic ring is 1. The van der Waals surface area contributed by atoms with Crippen LogP contribution in [0.3, 0.4) is 0 Å². The van der Waals surface area contributed by atoms with E-state index in [1.807, 2.05) is 31.6 Å². The van der Waals surface area contributed by atoms with Crippen molar-refractivity contribution >= 4 is 23.5 Å². The number of hydrogen-bond donors (Lipinski definition) is 2. The molecule has 2 aromatic rings. The molecule has 0 radical (unpaired) electrons. The molecule has 10 heteroatoms. The number of hydrogen-bond acceptors (Lipinski definition) is 7. The maximum Gasteiger partial charge on any atom is 0.407 e. The highest BCUT2D eigenvalue weighted by atomic mass is 35.5. The molecule has 1 aliphatic heterocycles. The van der Waals surface area contributed by atoms with Crippen LogP contribution in [0.5, 0.6) is 0 Å². The first-order valence-corrected chi connectivity index (χ1v) is 9.99. The van der Waals surface area contributed by atoms with Gasteiger partial charge in [-0.2, -0.15) is 5.10 Å². The molecule has 0 unspecified atom stereocenters. The van der Waals surface area contributed by atoms with E-state index in [1.165, 1.54) is 0 Å². The van der Waals surface area contributed by atoms with Gasteiger partial charge in [0, 0.05) is 23.9 Å². The van der Waals surface area contributed by atoms with Crippen molar-refractivity contribution in [3.8, 4) is 11.1 Å². The Kier molecular flexibility index (Phi) is 6.59. The van der Waals surface area contributed by atoms with Gasteiger partial charge in [0.1, 0.15) is 5.60 Å². The van der Waals surface area contributed by atoms with Crippen LogP contribution >= 0.6 is 11.6 Å². The highest BCUT2D eigenvalue weighted by Gasteiger charge is 2.25. The van der Waals surface area contributed by atoms with E-state index in [0.717, 1.165) is 18.4 Å². The second-order valence-corrected chi connectivity index (χ2v) is 8.51. The van der Waals surface area contributed by atoms with Crippen LogP contribution in [0.2, 0.25) is 5.15 Å². The Morgan fingerprint density at radius 2 is 2.21 bits per heavy atom. The van der Waals surface area contributed by atoms with Crippen molar-refractivity contribution in [3.63, 3.8) is 0 Å². The van der Waals surface area contributed by atoms with Gasteiger partial charge in [0.05, 0.1) is 24.9 Å². The summed E-state index contributed by atoms with van der Waals surface area (Å²) in [5.41, 5.74) is 6.88. The van der Waals surface area contributed by atoms with Crippen LogP contribution in [0.1, 0.15) is 46.1 Å². The normalized spacial score (nSPS) is 20.6. The van der Waals surface area contributed by atoms with Crippen molar-refractivity contribution < 1.29 is 14.3 Å². The molecule has 1 aliphatic rings. The molecule has 0 bridgehead atoms. The lowest BCUT2D eigenvalue weighted by Gasteiger charge is -2.28. The van der Waals surface area contributed by atoms with Crippen LogP contribution in [-0.2, 0) is 9.47 Å². The van der Waals surface area contributed by atoms with E-state index in [0.29, 0.717) is 31.0 Å². The third-order valence-electron chi connectivity index (χ3n) is 4.50. The summed E-state index contributed by atoms with van der Waals surface area (Å²) in [6.45, 7) is 6.57. The molecule has 158 valence electrons. The molecule has 2 atom stereocenters. The lowest BCUT2D eigenvalue weighted by atomic mass is 10.0.